The van der Waals surface area contributed by atoms with Crippen LogP contribution in [-0.2, 0) is 27.1 Å². The second kappa shape index (κ2) is 20.6. The molecule has 0 radical (unpaired) electrons. The average Bonchev–Trinajstić information content (AvgIpc) is 1.49. The highest BCUT2D eigenvalue weighted by Gasteiger charge is 2.54. The standard InChI is InChI=1S/C83H78N4O/c1-51-39-40-58(85-68-36-24-25-37-69(68)86-78-63(52-27-15-14-16-28-52)46-57(82(11,12)13)47-64(78)53-43-55(80(5,6)7)45-56(44-53)81(8,9)10)49-72(51)88-73-50-71-75(62-32-20-26-38-70(62)87(71)74-48-54(41-42-84-74)79(2,3)4)77-76(73)61-31-19-23-35-67(61)83(77)65-33-21-17-29-59(65)60-30-18-22-34-66(60)83/h14-50,85-86H,1-13H3/i1D3. The highest BCUT2D eigenvalue weighted by atomic mass is 16.5. The molecule has 10 aromatic carbocycles. The maximum absolute atomic E-state index is 9.16. The quantitative estimate of drug-likeness (QED) is 0.151. The van der Waals surface area contributed by atoms with Gasteiger partial charge in [0.25, 0.3) is 0 Å². The highest BCUT2D eigenvalue weighted by Crippen LogP contribution is 2.67. The van der Waals surface area contributed by atoms with E-state index in [1.165, 1.54) is 38.9 Å². The van der Waals surface area contributed by atoms with E-state index in [9.17, 15) is 0 Å². The van der Waals surface area contributed by atoms with Crippen molar-refractivity contribution in [2.24, 2.45) is 0 Å². The minimum atomic E-state index is -2.55. The summed E-state index contributed by atoms with van der Waals surface area (Å²) in [5.74, 6) is 1.54. The van der Waals surface area contributed by atoms with Crippen molar-refractivity contribution >= 4 is 44.6 Å². The first kappa shape index (κ1) is 52.8. The Balaban J connectivity index is 0.975. The monoisotopic (exact) mass is 1150 g/mol. The zero-order chi connectivity index (χ0) is 63.7. The molecule has 14 rings (SSSR count). The lowest BCUT2D eigenvalue weighted by Gasteiger charge is -2.31. The molecule has 0 atom stereocenters. The number of nitrogens with zero attached hydrogens (tertiary/aromatic N) is 2. The topological polar surface area (TPSA) is 51.1 Å². The molecule has 0 saturated carbocycles. The van der Waals surface area contributed by atoms with Gasteiger partial charge in [0.15, 0.2) is 0 Å². The Morgan fingerprint density at radius 1 is 0.432 bits per heavy atom. The summed E-state index contributed by atoms with van der Waals surface area (Å²) in [5.41, 5.74) is 22.2. The summed E-state index contributed by atoms with van der Waals surface area (Å²) in [6.45, 7) is 24.8. The molecule has 2 heterocycles. The molecule has 2 aliphatic carbocycles. The predicted octanol–water partition coefficient (Wildman–Crippen LogP) is 22.6. The van der Waals surface area contributed by atoms with E-state index in [-0.39, 0.29) is 33.0 Å². The number of anilines is 4. The molecule has 0 bridgehead atoms. The van der Waals surface area contributed by atoms with E-state index in [4.69, 9.17) is 13.8 Å². The second-order valence-electron chi connectivity index (χ2n) is 28.4. The van der Waals surface area contributed by atoms with Gasteiger partial charge in [-0.1, -0.05) is 241 Å². The molecule has 0 saturated heterocycles. The molecule has 0 amide bonds. The summed E-state index contributed by atoms with van der Waals surface area (Å²) in [5, 5.41) is 10.0. The van der Waals surface area contributed by atoms with Crippen molar-refractivity contribution in [3.05, 3.63) is 275 Å². The maximum Gasteiger partial charge on any atom is 0.137 e. The van der Waals surface area contributed by atoms with Crippen molar-refractivity contribution < 1.29 is 8.85 Å². The molecule has 12 aromatic rings. The summed E-state index contributed by atoms with van der Waals surface area (Å²) in [4.78, 5) is 5.15. The lowest BCUT2D eigenvalue weighted by molar-refractivity contribution is 0.481. The highest BCUT2D eigenvalue weighted by molar-refractivity contribution is 6.17. The second-order valence-corrected chi connectivity index (χ2v) is 28.4. The van der Waals surface area contributed by atoms with Gasteiger partial charge < -0.3 is 15.4 Å². The minimum absolute atomic E-state index is 0.0964. The number of aryl methyl sites for hydroxylation is 1. The molecule has 0 aliphatic heterocycles. The summed E-state index contributed by atoms with van der Waals surface area (Å²) in [7, 11) is 0. The lowest BCUT2D eigenvalue weighted by Crippen LogP contribution is -2.26. The van der Waals surface area contributed by atoms with Crippen molar-refractivity contribution in [2.45, 2.75) is 117 Å². The fourth-order valence-electron chi connectivity index (χ4n) is 13.8. The Morgan fingerprint density at radius 2 is 0.966 bits per heavy atom. The molecular formula is C83H78N4O. The molecule has 88 heavy (non-hydrogen) atoms. The van der Waals surface area contributed by atoms with Crippen LogP contribution in [-0.4, -0.2) is 9.55 Å². The van der Waals surface area contributed by atoms with E-state index in [0.29, 0.717) is 11.4 Å². The molecular weight excluding hydrogens is 1070 g/mol. The number of benzene rings is 10. The van der Waals surface area contributed by atoms with Gasteiger partial charge in [-0.15, -0.1) is 0 Å². The van der Waals surface area contributed by atoms with Crippen molar-refractivity contribution in [1.82, 2.24) is 9.55 Å². The van der Waals surface area contributed by atoms with Gasteiger partial charge in [-0.2, -0.15) is 0 Å². The van der Waals surface area contributed by atoms with Gasteiger partial charge in [-0.25, -0.2) is 4.98 Å². The van der Waals surface area contributed by atoms with Gasteiger partial charge in [-0.3, -0.25) is 4.57 Å². The minimum Gasteiger partial charge on any atom is -0.456 e. The summed E-state index contributed by atoms with van der Waals surface area (Å²) in [6.07, 6.45) is 1.91. The van der Waals surface area contributed by atoms with Crippen molar-refractivity contribution in [3.8, 4) is 61.8 Å². The molecule has 0 unspecified atom stereocenters. The fourth-order valence-corrected chi connectivity index (χ4v) is 13.8. The number of nitrogens with one attached hydrogen (secondary N) is 2. The summed E-state index contributed by atoms with van der Waals surface area (Å²) < 4.78 is 37.3. The van der Waals surface area contributed by atoms with E-state index in [2.05, 4.69) is 292 Å². The number of rotatable bonds is 9. The van der Waals surface area contributed by atoms with Crippen LogP contribution in [0, 0.1) is 6.85 Å². The zero-order valence-electron chi connectivity index (χ0n) is 55.7. The van der Waals surface area contributed by atoms with E-state index >= 15 is 0 Å². The van der Waals surface area contributed by atoms with Crippen LogP contribution in [0.2, 0.25) is 0 Å². The van der Waals surface area contributed by atoms with Gasteiger partial charge in [0.2, 0.25) is 0 Å². The van der Waals surface area contributed by atoms with Gasteiger partial charge in [0.05, 0.1) is 33.5 Å². The molecule has 5 heteroatoms. The van der Waals surface area contributed by atoms with E-state index in [0.717, 1.165) is 94.8 Å². The van der Waals surface area contributed by atoms with Crippen LogP contribution in [0.3, 0.4) is 0 Å². The molecule has 0 fully saturated rings. The number of para-hydroxylation sites is 3. The Hall–Kier alpha value is -9.45. The third-order valence-electron chi connectivity index (χ3n) is 18.4. The Labute approximate surface area is 524 Å². The van der Waals surface area contributed by atoms with Gasteiger partial charge in [0.1, 0.15) is 17.3 Å². The van der Waals surface area contributed by atoms with Crippen molar-refractivity contribution in [3.63, 3.8) is 0 Å². The lowest BCUT2D eigenvalue weighted by atomic mass is 9.69. The van der Waals surface area contributed by atoms with Crippen molar-refractivity contribution in [2.75, 3.05) is 10.6 Å². The van der Waals surface area contributed by atoms with E-state index in [1.54, 1.807) is 6.07 Å². The number of pyridine rings is 1. The summed E-state index contributed by atoms with van der Waals surface area (Å²) in [6, 6.07) is 77.7. The first-order valence-electron chi connectivity index (χ1n) is 32.5. The molecule has 2 N–H and O–H groups in total. The predicted molar refractivity (Wildman–Crippen MR) is 371 cm³/mol. The van der Waals surface area contributed by atoms with Gasteiger partial charge in [0, 0.05) is 55.6 Å². The molecule has 1 spiro atoms. The van der Waals surface area contributed by atoms with Crippen LogP contribution in [0.25, 0.3) is 72.1 Å². The Kier molecular flexibility index (Phi) is 12.4. The molecule has 2 aromatic heterocycles. The van der Waals surface area contributed by atoms with E-state index in [1.807, 2.05) is 24.4 Å². The first-order chi connectivity index (χ1) is 43.3. The molecule has 2 aliphatic rings. The number of hydrogen-bond donors (Lipinski definition) is 2. The first-order valence-corrected chi connectivity index (χ1v) is 31.0. The van der Waals surface area contributed by atoms with Gasteiger partial charge in [-0.05, 0) is 155 Å². The molecule has 5 nitrogen and oxygen atoms in total. The van der Waals surface area contributed by atoms with Crippen LogP contribution in [0.15, 0.2) is 225 Å². The number of fused-ring (bicyclic) bond motifs is 14. The summed E-state index contributed by atoms with van der Waals surface area (Å²) >= 11 is 0. The Bertz CT molecular complexity index is 4810. The third kappa shape index (κ3) is 9.32. The maximum atomic E-state index is 9.16. The van der Waals surface area contributed by atoms with Crippen LogP contribution in [0.5, 0.6) is 11.5 Å². The third-order valence-corrected chi connectivity index (χ3v) is 18.4. The van der Waals surface area contributed by atoms with Gasteiger partial charge >= 0.3 is 0 Å². The number of aromatic nitrogens is 2. The fraction of sp³-hybridized carbons (Fsp3) is 0.217. The smallest absolute Gasteiger partial charge is 0.137 e. The van der Waals surface area contributed by atoms with Crippen LogP contribution >= 0.6 is 0 Å². The normalized spacial score (nSPS) is 14.0. The largest absolute Gasteiger partial charge is 0.456 e. The molecule has 436 valence electrons. The number of ether oxygens (including phenoxy) is 1. The SMILES string of the molecule is [2H]C([2H])([2H])c1ccc(Nc2ccccc2Nc2c(-c3ccccc3)cc(C(C)(C)C)cc2-c2cc(C(C)(C)C)cc(C(C)(C)C)c2)cc1Oc1cc2c(c3c1-c1ccccc1C31c3ccccc3-c3ccccc31)c1ccccc1n2-c1cc(C(C)(C)C)ccn1. The number of hydrogen-bond acceptors (Lipinski definition) is 4. The van der Waals surface area contributed by atoms with Crippen LogP contribution in [0.4, 0.5) is 22.7 Å². The Morgan fingerprint density at radius 3 is 1.59 bits per heavy atom. The zero-order valence-corrected chi connectivity index (χ0v) is 52.7. The van der Waals surface area contributed by atoms with Crippen LogP contribution < -0.4 is 15.4 Å². The average molecular weight is 1150 g/mol. The van der Waals surface area contributed by atoms with Crippen LogP contribution in [0.1, 0.15) is 137 Å². The van der Waals surface area contributed by atoms with E-state index < -0.39 is 12.3 Å². The van der Waals surface area contributed by atoms with Crippen molar-refractivity contribution in [1.29, 1.82) is 0 Å².